The lowest BCUT2D eigenvalue weighted by molar-refractivity contribution is -0.124. The van der Waals surface area contributed by atoms with Gasteiger partial charge in [-0.2, -0.15) is 0 Å². The maximum Gasteiger partial charge on any atom is 0.340 e. The van der Waals surface area contributed by atoms with E-state index >= 15 is 0 Å². The van der Waals surface area contributed by atoms with Gasteiger partial charge in [-0.3, -0.25) is 4.79 Å². The number of benzene rings is 2. The number of carbonyl (C=O) groups is 2. The Kier molecular flexibility index (Phi) is 6.61. The van der Waals surface area contributed by atoms with Crippen molar-refractivity contribution in [2.24, 2.45) is 0 Å². The Morgan fingerprint density at radius 2 is 1.80 bits per heavy atom. The van der Waals surface area contributed by atoms with E-state index in [0.717, 1.165) is 17.7 Å². The van der Waals surface area contributed by atoms with Gasteiger partial charge in [-0.25, -0.2) is 9.18 Å². The number of methoxy groups -OCH3 is 1. The smallest absolute Gasteiger partial charge is 0.340 e. The molecule has 8 heteroatoms. The number of nitrogens with one attached hydrogen (secondary N) is 1. The first-order valence-corrected chi connectivity index (χ1v) is 7.87. The Hall–Kier alpha value is -2.31. The molecule has 2 rings (SSSR count). The zero-order valence-corrected chi connectivity index (χ0v) is 14.7. The predicted molar refractivity (Wildman–Crippen MR) is 91.5 cm³/mol. The van der Waals surface area contributed by atoms with Gasteiger partial charge in [-0.1, -0.05) is 35.3 Å². The van der Waals surface area contributed by atoms with Crippen molar-refractivity contribution in [1.29, 1.82) is 0 Å². The van der Waals surface area contributed by atoms with Gasteiger partial charge in [0.05, 0.1) is 22.7 Å². The van der Waals surface area contributed by atoms with Crippen LogP contribution < -0.4 is 10.1 Å². The molecule has 0 saturated carbocycles. The largest absolute Gasteiger partial charge is 0.497 e. The van der Waals surface area contributed by atoms with Crippen LogP contribution in [0.1, 0.15) is 15.9 Å². The van der Waals surface area contributed by atoms with E-state index in [1.165, 1.54) is 0 Å². The van der Waals surface area contributed by atoms with Gasteiger partial charge in [0.15, 0.2) is 6.61 Å². The van der Waals surface area contributed by atoms with Crippen LogP contribution in [0.5, 0.6) is 5.75 Å². The Morgan fingerprint density at radius 1 is 1.12 bits per heavy atom. The Bertz CT molecular complexity index is 781. The zero-order chi connectivity index (χ0) is 18.4. The van der Waals surface area contributed by atoms with E-state index in [1.54, 1.807) is 31.4 Å². The average Bonchev–Trinajstić information content (AvgIpc) is 2.61. The van der Waals surface area contributed by atoms with Gasteiger partial charge in [0.1, 0.15) is 11.6 Å². The van der Waals surface area contributed by atoms with E-state index < -0.39 is 24.3 Å². The van der Waals surface area contributed by atoms with Crippen molar-refractivity contribution in [2.45, 2.75) is 6.54 Å². The van der Waals surface area contributed by atoms with E-state index in [1.807, 2.05) is 0 Å². The number of esters is 1. The SMILES string of the molecule is COc1ccc(CNC(=O)COC(=O)c2cc(F)c(Cl)cc2Cl)cc1. The van der Waals surface area contributed by atoms with Crippen molar-refractivity contribution in [1.82, 2.24) is 5.32 Å². The molecule has 0 unspecified atom stereocenters. The summed E-state index contributed by atoms with van der Waals surface area (Å²) in [6.45, 7) is -0.258. The zero-order valence-electron chi connectivity index (χ0n) is 13.1. The van der Waals surface area contributed by atoms with E-state index in [4.69, 9.17) is 32.7 Å². The number of hydrogen-bond acceptors (Lipinski definition) is 4. The molecule has 0 spiro atoms. The van der Waals surface area contributed by atoms with E-state index in [0.29, 0.717) is 5.75 Å². The minimum atomic E-state index is -0.917. The molecule has 0 heterocycles. The number of carbonyl (C=O) groups excluding carboxylic acids is 2. The molecule has 2 aromatic rings. The quantitative estimate of drug-likeness (QED) is 0.609. The monoisotopic (exact) mass is 385 g/mol. The molecule has 0 radical (unpaired) electrons. The molecule has 0 aromatic heterocycles. The molecular formula is C17H14Cl2FNO4. The van der Waals surface area contributed by atoms with Crippen LogP contribution in [0.2, 0.25) is 10.0 Å². The minimum Gasteiger partial charge on any atom is -0.497 e. The fourth-order valence-corrected chi connectivity index (χ4v) is 2.34. The number of rotatable bonds is 6. The van der Waals surface area contributed by atoms with Crippen molar-refractivity contribution in [2.75, 3.05) is 13.7 Å². The van der Waals surface area contributed by atoms with E-state index in [2.05, 4.69) is 5.32 Å². The van der Waals surface area contributed by atoms with Crippen LogP contribution in [0.25, 0.3) is 0 Å². The maximum atomic E-state index is 13.4. The van der Waals surface area contributed by atoms with Crippen molar-refractivity contribution in [3.05, 3.63) is 63.4 Å². The minimum absolute atomic E-state index is 0.0601. The van der Waals surface area contributed by atoms with Crippen molar-refractivity contribution >= 4 is 35.1 Å². The van der Waals surface area contributed by atoms with Crippen LogP contribution in [-0.4, -0.2) is 25.6 Å². The highest BCUT2D eigenvalue weighted by Gasteiger charge is 2.16. The fraction of sp³-hybridized carbons (Fsp3) is 0.176. The Morgan fingerprint density at radius 3 is 2.44 bits per heavy atom. The molecule has 0 saturated heterocycles. The summed E-state index contributed by atoms with van der Waals surface area (Å²) >= 11 is 11.4. The average molecular weight is 386 g/mol. The molecular weight excluding hydrogens is 372 g/mol. The summed E-state index contributed by atoms with van der Waals surface area (Å²) in [4.78, 5) is 23.6. The highest BCUT2D eigenvalue weighted by Crippen LogP contribution is 2.24. The van der Waals surface area contributed by atoms with Gasteiger partial charge in [-0.05, 0) is 29.8 Å². The molecule has 0 fully saturated rings. The third-order valence-corrected chi connectivity index (χ3v) is 3.82. The lowest BCUT2D eigenvalue weighted by Crippen LogP contribution is -2.28. The molecule has 0 bridgehead atoms. The third-order valence-electron chi connectivity index (χ3n) is 3.21. The summed E-state index contributed by atoms with van der Waals surface area (Å²) in [6, 6.07) is 9.07. The standard InChI is InChI=1S/C17H14Cl2FNO4/c1-24-11-4-2-10(3-5-11)8-21-16(22)9-25-17(23)12-6-15(20)14(19)7-13(12)18/h2-7H,8-9H2,1H3,(H,21,22). The third kappa shape index (κ3) is 5.34. The molecule has 25 heavy (non-hydrogen) atoms. The van der Waals surface area contributed by atoms with Crippen LogP contribution >= 0.6 is 23.2 Å². The number of halogens is 3. The molecule has 1 amide bonds. The molecule has 0 aliphatic carbocycles. The van der Waals surface area contributed by atoms with Gasteiger partial charge >= 0.3 is 5.97 Å². The second-order valence-corrected chi connectivity index (χ2v) is 5.76. The van der Waals surface area contributed by atoms with Gasteiger partial charge in [0, 0.05) is 6.54 Å². The Labute approximate surface area is 153 Å². The summed E-state index contributed by atoms with van der Waals surface area (Å²) in [5.41, 5.74) is 0.648. The van der Waals surface area contributed by atoms with Crippen LogP contribution in [0, 0.1) is 5.82 Å². The molecule has 1 N–H and O–H groups in total. The van der Waals surface area contributed by atoms with Crippen LogP contribution in [0.15, 0.2) is 36.4 Å². The summed E-state index contributed by atoms with van der Waals surface area (Å²) in [5.74, 6) is -1.52. The summed E-state index contributed by atoms with van der Waals surface area (Å²) in [6.07, 6.45) is 0. The first-order chi connectivity index (χ1) is 11.9. The fourth-order valence-electron chi connectivity index (χ4n) is 1.88. The maximum absolute atomic E-state index is 13.4. The van der Waals surface area contributed by atoms with Crippen LogP contribution in [-0.2, 0) is 16.1 Å². The van der Waals surface area contributed by atoms with Crippen molar-refractivity contribution in [3.63, 3.8) is 0 Å². The predicted octanol–water partition coefficient (Wildman–Crippen LogP) is 3.61. The molecule has 5 nitrogen and oxygen atoms in total. The van der Waals surface area contributed by atoms with Crippen molar-refractivity contribution < 1.29 is 23.5 Å². The number of hydrogen-bond donors (Lipinski definition) is 1. The van der Waals surface area contributed by atoms with E-state index in [-0.39, 0.29) is 22.2 Å². The summed E-state index contributed by atoms with van der Waals surface area (Å²) in [5, 5.41) is 2.32. The van der Waals surface area contributed by atoms with Crippen LogP contribution in [0.3, 0.4) is 0 Å². The second kappa shape index (κ2) is 8.69. The number of ether oxygens (including phenoxy) is 2. The van der Waals surface area contributed by atoms with Gasteiger partial charge in [0.2, 0.25) is 0 Å². The highest BCUT2D eigenvalue weighted by molar-refractivity contribution is 6.36. The summed E-state index contributed by atoms with van der Waals surface area (Å²) in [7, 11) is 1.56. The Balaban J connectivity index is 1.85. The lowest BCUT2D eigenvalue weighted by Gasteiger charge is -2.08. The molecule has 0 atom stereocenters. The molecule has 0 aliphatic rings. The highest BCUT2D eigenvalue weighted by atomic mass is 35.5. The van der Waals surface area contributed by atoms with Gasteiger partial charge in [0.25, 0.3) is 5.91 Å². The first-order valence-electron chi connectivity index (χ1n) is 7.12. The normalized spacial score (nSPS) is 10.2. The number of amides is 1. The molecule has 132 valence electrons. The summed E-state index contributed by atoms with van der Waals surface area (Å²) < 4.78 is 23.3. The second-order valence-electron chi connectivity index (χ2n) is 4.95. The topological polar surface area (TPSA) is 64.6 Å². The van der Waals surface area contributed by atoms with Gasteiger partial charge in [-0.15, -0.1) is 0 Å². The molecule has 0 aliphatic heterocycles. The van der Waals surface area contributed by atoms with Crippen LogP contribution in [0.4, 0.5) is 4.39 Å². The molecule has 2 aromatic carbocycles. The lowest BCUT2D eigenvalue weighted by atomic mass is 10.2. The van der Waals surface area contributed by atoms with Crippen molar-refractivity contribution in [3.8, 4) is 5.75 Å². The van der Waals surface area contributed by atoms with Gasteiger partial charge < -0.3 is 14.8 Å². The first kappa shape index (κ1) is 19.0. The van der Waals surface area contributed by atoms with E-state index in [9.17, 15) is 14.0 Å².